The highest BCUT2D eigenvalue weighted by atomic mass is 16.2. The third-order valence-corrected chi connectivity index (χ3v) is 2.65. The van der Waals surface area contributed by atoms with E-state index in [4.69, 9.17) is 5.73 Å². The molecular formula is C12H22N4O. The molecule has 17 heavy (non-hydrogen) atoms. The number of amides is 1. The van der Waals surface area contributed by atoms with Crippen LogP contribution in [0.1, 0.15) is 23.8 Å². The molecule has 0 aliphatic rings. The first-order valence-corrected chi connectivity index (χ1v) is 5.77. The minimum atomic E-state index is -0.0737. The first kappa shape index (κ1) is 13.6. The Labute approximate surface area is 103 Å². The molecule has 0 bridgehead atoms. The minimum Gasteiger partial charge on any atom is -0.397 e. The molecule has 5 heteroatoms. The first-order valence-electron chi connectivity index (χ1n) is 5.77. The zero-order valence-electron chi connectivity index (χ0n) is 11.0. The van der Waals surface area contributed by atoms with Gasteiger partial charge in [0.25, 0.3) is 5.91 Å². The molecule has 0 fully saturated rings. The van der Waals surface area contributed by atoms with Gasteiger partial charge in [0.2, 0.25) is 0 Å². The van der Waals surface area contributed by atoms with E-state index in [0.29, 0.717) is 11.4 Å². The quantitative estimate of drug-likeness (QED) is 0.793. The molecule has 0 radical (unpaired) electrons. The van der Waals surface area contributed by atoms with Crippen molar-refractivity contribution in [2.75, 3.05) is 26.4 Å². The smallest absolute Gasteiger partial charge is 0.268 e. The summed E-state index contributed by atoms with van der Waals surface area (Å²) in [7, 11) is 5.86. The molecule has 0 aliphatic carbocycles. The second-order valence-corrected chi connectivity index (χ2v) is 4.74. The van der Waals surface area contributed by atoms with Gasteiger partial charge in [0.1, 0.15) is 5.69 Å². The van der Waals surface area contributed by atoms with Gasteiger partial charge in [-0.3, -0.25) is 4.79 Å². The topological polar surface area (TPSA) is 63.3 Å². The minimum absolute atomic E-state index is 0.0737. The lowest BCUT2D eigenvalue weighted by molar-refractivity contribution is 0.0928. The Kier molecular flexibility index (Phi) is 4.57. The number of carbonyl (C=O) groups excluding carboxylic acids is 1. The van der Waals surface area contributed by atoms with Gasteiger partial charge < -0.3 is 20.5 Å². The highest BCUT2D eigenvalue weighted by Crippen LogP contribution is 2.08. The standard InChI is InChI=1S/C12H22N4O/c1-9(5-6-15(2)3)14-12(17)11-7-10(13)8-16(11)4/h7-9H,5-6,13H2,1-4H3,(H,14,17). The fourth-order valence-electron chi connectivity index (χ4n) is 1.64. The second-order valence-electron chi connectivity index (χ2n) is 4.74. The first-order chi connectivity index (χ1) is 7.90. The van der Waals surface area contributed by atoms with Gasteiger partial charge in [-0.15, -0.1) is 0 Å². The molecule has 1 aromatic heterocycles. The number of nitrogen functional groups attached to an aromatic ring is 1. The number of hydrogen-bond acceptors (Lipinski definition) is 3. The van der Waals surface area contributed by atoms with Crippen LogP contribution >= 0.6 is 0 Å². The summed E-state index contributed by atoms with van der Waals surface area (Å²) in [6.45, 7) is 2.96. The van der Waals surface area contributed by atoms with Crippen LogP contribution in [0, 0.1) is 0 Å². The summed E-state index contributed by atoms with van der Waals surface area (Å²) < 4.78 is 1.74. The zero-order valence-corrected chi connectivity index (χ0v) is 11.0. The van der Waals surface area contributed by atoms with Crippen LogP contribution in [0.25, 0.3) is 0 Å². The number of carbonyl (C=O) groups is 1. The highest BCUT2D eigenvalue weighted by molar-refractivity contribution is 5.93. The third-order valence-electron chi connectivity index (χ3n) is 2.65. The molecule has 3 N–H and O–H groups in total. The van der Waals surface area contributed by atoms with Crippen molar-refractivity contribution in [3.63, 3.8) is 0 Å². The van der Waals surface area contributed by atoms with Crippen LogP contribution in [-0.4, -0.2) is 42.1 Å². The fourth-order valence-corrected chi connectivity index (χ4v) is 1.64. The lowest BCUT2D eigenvalue weighted by atomic mass is 10.2. The van der Waals surface area contributed by atoms with E-state index in [2.05, 4.69) is 10.2 Å². The summed E-state index contributed by atoms with van der Waals surface area (Å²) in [5.41, 5.74) is 6.85. The SMILES string of the molecule is CC(CCN(C)C)NC(=O)c1cc(N)cn1C. The molecule has 1 heterocycles. The number of anilines is 1. The van der Waals surface area contributed by atoms with Gasteiger partial charge >= 0.3 is 0 Å². The maximum absolute atomic E-state index is 11.9. The lowest BCUT2D eigenvalue weighted by Gasteiger charge is -2.16. The van der Waals surface area contributed by atoms with Crippen LogP contribution < -0.4 is 11.1 Å². The second kappa shape index (κ2) is 5.72. The van der Waals surface area contributed by atoms with Gasteiger partial charge in [0, 0.05) is 19.3 Å². The lowest BCUT2D eigenvalue weighted by Crippen LogP contribution is -2.35. The molecule has 1 unspecified atom stereocenters. The van der Waals surface area contributed by atoms with E-state index in [1.807, 2.05) is 28.1 Å². The molecule has 0 saturated heterocycles. The van der Waals surface area contributed by atoms with Gasteiger partial charge in [-0.2, -0.15) is 0 Å². The number of nitrogens with two attached hydrogens (primary N) is 1. The van der Waals surface area contributed by atoms with Crippen molar-refractivity contribution < 1.29 is 4.79 Å². The summed E-state index contributed by atoms with van der Waals surface area (Å²) in [4.78, 5) is 14.0. The van der Waals surface area contributed by atoms with E-state index in [-0.39, 0.29) is 11.9 Å². The molecule has 0 aromatic carbocycles. The van der Waals surface area contributed by atoms with E-state index in [9.17, 15) is 4.79 Å². The van der Waals surface area contributed by atoms with Gasteiger partial charge in [-0.25, -0.2) is 0 Å². The Morgan fingerprint density at radius 2 is 2.24 bits per heavy atom. The van der Waals surface area contributed by atoms with E-state index in [1.54, 1.807) is 16.8 Å². The van der Waals surface area contributed by atoms with E-state index in [0.717, 1.165) is 13.0 Å². The van der Waals surface area contributed by atoms with Crippen molar-refractivity contribution in [2.45, 2.75) is 19.4 Å². The number of hydrogen-bond donors (Lipinski definition) is 2. The number of nitrogens with one attached hydrogen (secondary N) is 1. The fraction of sp³-hybridized carbons (Fsp3) is 0.583. The summed E-state index contributed by atoms with van der Waals surface area (Å²) in [5, 5.41) is 2.96. The molecule has 96 valence electrons. The normalized spacial score (nSPS) is 12.8. The van der Waals surface area contributed by atoms with Gasteiger partial charge in [-0.05, 0) is 40.1 Å². The Bertz CT molecular complexity index is 384. The number of nitrogens with zero attached hydrogens (tertiary/aromatic N) is 2. The van der Waals surface area contributed by atoms with Crippen molar-refractivity contribution in [3.8, 4) is 0 Å². The largest absolute Gasteiger partial charge is 0.397 e. The molecule has 1 amide bonds. The van der Waals surface area contributed by atoms with E-state index in [1.165, 1.54) is 0 Å². The summed E-state index contributed by atoms with van der Waals surface area (Å²) in [6.07, 6.45) is 2.66. The summed E-state index contributed by atoms with van der Waals surface area (Å²) in [5.74, 6) is -0.0737. The Morgan fingerprint density at radius 1 is 1.59 bits per heavy atom. The average Bonchev–Trinajstić information content (AvgIpc) is 2.55. The van der Waals surface area contributed by atoms with Crippen LogP contribution in [0.15, 0.2) is 12.3 Å². The molecule has 1 atom stereocenters. The molecule has 1 aromatic rings. The van der Waals surface area contributed by atoms with Crippen LogP contribution in [0.5, 0.6) is 0 Å². The van der Waals surface area contributed by atoms with Crippen LogP contribution in [0.3, 0.4) is 0 Å². The third kappa shape index (κ3) is 4.11. The predicted octanol–water partition coefficient (Wildman–Crippen LogP) is 0.677. The van der Waals surface area contributed by atoms with E-state index >= 15 is 0 Å². The highest BCUT2D eigenvalue weighted by Gasteiger charge is 2.13. The molecule has 0 spiro atoms. The van der Waals surface area contributed by atoms with Crippen molar-refractivity contribution in [1.29, 1.82) is 0 Å². The van der Waals surface area contributed by atoms with Crippen molar-refractivity contribution >= 4 is 11.6 Å². The maximum Gasteiger partial charge on any atom is 0.268 e. The van der Waals surface area contributed by atoms with Crippen molar-refractivity contribution in [1.82, 2.24) is 14.8 Å². The maximum atomic E-state index is 11.9. The van der Waals surface area contributed by atoms with E-state index < -0.39 is 0 Å². The average molecular weight is 238 g/mol. The van der Waals surface area contributed by atoms with Gasteiger partial charge in [0.05, 0.1) is 5.69 Å². The Hall–Kier alpha value is -1.49. The number of aromatic nitrogens is 1. The Balaban J connectivity index is 2.51. The molecular weight excluding hydrogens is 216 g/mol. The number of aryl methyl sites for hydroxylation is 1. The molecule has 0 saturated carbocycles. The monoisotopic (exact) mass is 238 g/mol. The van der Waals surface area contributed by atoms with Crippen LogP contribution in [-0.2, 0) is 7.05 Å². The van der Waals surface area contributed by atoms with Crippen molar-refractivity contribution in [2.24, 2.45) is 7.05 Å². The van der Waals surface area contributed by atoms with Crippen molar-refractivity contribution in [3.05, 3.63) is 18.0 Å². The zero-order chi connectivity index (χ0) is 13.0. The predicted molar refractivity (Wildman–Crippen MR) is 69.9 cm³/mol. The Morgan fingerprint density at radius 3 is 2.71 bits per heavy atom. The van der Waals surface area contributed by atoms with Gasteiger partial charge in [0.15, 0.2) is 0 Å². The molecule has 1 rings (SSSR count). The van der Waals surface area contributed by atoms with Gasteiger partial charge in [-0.1, -0.05) is 0 Å². The number of rotatable bonds is 5. The molecule has 0 aliphatic heterocycles. The van der Waals surface area contributed by atoms with Crippen LogP contribution in [0.4, 0.5) is 5.69 Å². The van der Waals surface area contributed by atoms with Crippen LogP contribution in [0.2, 0.25) is 0 Å². The molecule has 5 nitrogen and oxygen atoms in total. The summed E-state index contributed by atoms with van der Waals surface area (Å²) in [6, 6.07) is 1.84. The summed E-state index contributed by atoms with van der Waals surface area (Å²) >= 11 is 0.